The molecule has 1 aromatic carbocycles. The molecule has 1 fully saturated rings. The summed E-state index contributed by atoms with van der Waals surface area (Å²) in [6.07, 6.45) is 0. The second kappa shape index (κ2) is 4.55. The van der Waals surface area contributed by atoms with Crippen molar-refractivity contribution in [2.24, 2.45) is 11.7 Å². The first-order valence-electron chi connectivity index (χ1n) is 5.38. The Balaban J connectivity index is 2.11. The molecule has 1 saturated heterocycles. The van der Waals surface area contributed by atoms with Crippen LogP contribution in [0, 0.1) is 5.92 Å². The molecular formula is C12H15BrN2O. The molecule has 2 rings (SSSR count). The van der Waals surface area contributed by atoms with Gasteiger partial charge in [0.1, 0.15) is 0 Å². The van der Waals surface area contributed by atoms with E-state index >= 15 is 0 Å². The van der Waals surface area contributed by atoms with Crippen LogP contribution < -0.4 is 5.73 Å². The second-order valence-electron chi connectivity index (χ2n) is 4.36. The Morgan fingerprint density at radius 3 is 2.50 bits per heavy atom. The molecule has 0 radical (unpaired) electrons. The van der Waals surface area contributed by atoms with E-state index < -0.39 is 0 Å². The number of benzene rings is 1. The predicted molar refractivity (Wildman–Crippen MR) is 67.2 cm³/mol. The van der Waals surface area contributed by atoms with Crippen LogP contribution in [-0.4, -0.2) is 29.9 Å². The van der Waals surface area contributed by atoms with Gasteiger partial charge >= 0.3 is 0 Å². The Morgan fingerprint density at radius 2 is 2.00 bits per heavy atom. The van der Waals surface area contributed by atoms with Gasteiger partial charge in [-0.05, 0) is 30.2 Å². The van der Waals surface area contributed by atoms with Gasteiger partial charge in [-0.2, -0.15) is 0 Å². The fraction of sp³-hybridized carbons (Fsp3) is 0.417. The zero-order valence-electron chi connectivity index (χ0n) is 9.19. The van der Waals surface area contributed by atoms with Crippen molar-refractivity contribution in [3.05, 3.63) is 34.3 Å². The topological polar surface area (TPSA) is 46.3 Å². The van der Waals surface area contributed by atoms with Crippen LogP contribution in [0.15, 0.2) is 28.7 Å². The number of carbonyl (C=O) groups is 1. The number of nitrogens with zero attached hydrogens (tertiary/aromatic N) is 1. The SMILES string of the molecule is CC1CN(C(=O)c2ccc(Br)cc2)CC1N. The highest BCUT2D eigenvalue weighted by Crippen LogP contribution is 2.18. The highest BCUT2D eigenvalue weighted by atomic mass is 79.9. The maximum absolute atomic E-state index is 12.1. The molecule has 2 unspecified atom stereocenters. The molecule has 0 bridgehead atoms. The van der Waals surface area contributed by atoms with E-state index in [1.807, 2.05) is 29.2 Å². The molecule has 1 aromatic rings. The van der Waals surface area contributed by atoms with E-state index in [4.69, 9.17) is 5.73 Å². The zero-order valence-corrected chi connectivity index (χ0v) is 10.8. The normalized spacial score (nSPS) is 24.8. The van der Waals surface area contributed by atoms with Crippen LogP contribution in [0.25, 0.3) is 0 Å². The summed E-state index contributed by atoms with van der Waals surface area (Å²) < 4.78 is 0.982. The molecule has 16 heavy (non-hydrogen) atoms. The molecule has 2 atom stereocenters. The lowest BCUT2D eigenvalue weighted by Crippen LogP contribution is -2.32. The standard InChI is InChI=1S/C12H15BrN2O/c1-8-6-15(7-11(8)14)12(16)9-2-4-10(13)5-3-9/h2-5,8,11H,6-7,14H2,1H3. The average Bonchev–Trinajstić information content (AvgIpc) is 2.59. The lowest BCUT2D eigenvalue weighted by molar-refractivity contribution is 0.0787. The van der Waals surface area contributed by atoms with Gasteiger partial charge < -0.3 is 10.6 Å². The minimum absolute atomic E-state index is 0.0762. The molecule has 86 valence electrons. The van der Waals surface area contributed by atoms with Gasteiger partial charge in [0.15, 0.2) is 0 Å². The van der Waals surface area contributed by atoms with Crippen LogP contribution in [0.4, 0.5) is 0 Å². The first-order valence-corrected chi connectivity index (χ1v) is 6.17. The quantitative estimate of drug-likeness (QED) is 0.855. The van der Waals surface area contributed by atoms with E-state index in [2.05, 4.69) is 22.9 Å². The summed E-state index contributed by atoms with van der Waals surface area (Å²) in [7, 11) is 0. The molecule has 4 heteroatoms. The van der Waals surface area contributed by atoms with Gasteiger partial charge in [0.25, 0.3) is 5.91 Å². The van der Waals surface area contributed by atoms with E-state index in [0.29, 0.717) is 12.5 Å². The summed E-state index contributed by atoms with van der Waals surface area (Å²) in [5, 5.41) is 0. The summed E-state index contributed by atoms with van der Waals surface area (Å²) in [6, 6.07) is 7.54. The van der Waals surface area contributed by atoms with E-state index in [9.17, 15) is 4.79 Å². The van der Waals surface area contributed by atoms with Gasteiger partial charge in [-0.15, -0.1) is 0 Å². The van der Waals surface area contributed by atoms with E-state index in [0.717, 1.165) is 16.6 Å². The Hall–Kier alpha value is -0.870. The second-order valence-corrected chi connectivity index (χ2v) is 5.27. The number of hydrogen-bond acceptors (Lipinski definition) is 2. The third kappa shape index (κ3) is 2.28. The Bertz CT molecular complexity index is 381. The first-order chi connectivity index (χ1) is 7.58. The molecule has 1 aliphatic heterocycles. The summed E-state index contributed by atoms with van der Waals surface area (Å²) in [4.78, 5) is 13.9. The fourth-order valence-corrected chi connectivity index (χ4v) is 2.20. The van der Waals surface area contributed by atoms with Crippen molar-refractivity contribution in [3.63, 3.8) is 0 Å². The summed E-state index contributed by atoms with van der Waals surface area (Å²) in [5.41, 5.74) is 6.63. The molecule has 1 amide bonds. The summed E-state index contributed by atoms with van der Waals surface area (Å²) in [6.45, 7) is 3.51. The third-order valence-corrected chi connectivity index (χ3v) is 3.58. The number of nitrogens with two attached hydrogens (primary N) is 1. The Kier molecular flexibility index (Phi) is 3.30. The minimum Gasteiger partial charge on any atom is -0.337 e. The molecule has 0 aromatic heterocycles. The van der Waals surface area contributed by atoms with Gasteiger partial charge in [0.2, 0.25) is 0 Å². The maximum Gasteiger partial charge on any atom is 0.253 e. The molecule has 3 nitrogen and oxygen atoms in total. The van der Waals surface area contributed by atoms with Gasteiger partial charge in [0, 0.05) is 29.2 Å². The van der Waals surface area contributed by atoms with Crippen molar-refractivity contribution in [2.75, 3.05) is 13.1 Å². The number of hydrogen-bond donors (Lipinski definition) is 1. The number of carbonyl (C=O) groups excluding carboxylic acids is 1. The van der Waals surface area contributed by atoms with Crippen molar-refractivity contribution in [1.82, 2.24) is 4.90 Å². The average molecular weight is 283 g/mol. The van der Waals surface area contributed by atoms with Crippen LogP contribution in [0.3, 0.4) is 0 Å². The predicted octanol–water partition coefficient (Wildman–Crippen LogP) is 1.87. The van der Waals surface area contributed by atoms with Crippen molar-refractivity contribution in [3.8, 4) is 0 Å². The van der Waals surface area contributed by atoms with Crippen molar-refractivity contribution in [2.45, 2.75) is 13.0 Å². The summed E-state index contributed by atoms with van der Waals surface area (Å²) in [5.74, 6) is 0.465. The molecular weight excluding hydrogens is 268 g/mol. The highest BCUT2D eigenvalue weighted by molar-refractivity contribution is 9.10. The van der Waals surface area contributed by atoms with Gasteiger partial charge in [-0.1, -0.05) is 22.9 Å². The Labute approximate surface area is 104 Å². The molecule has 0 saturated carbocycles. The van der Waals surface area contributed by atoms with Crippen LogP contribution in [0.5, 0.6) is 0 Å². The summed E-state index contributed by atoms with van der Waals surface area (Å²) >= 11 is 3.35. The monoisotopic (exact) mass is 282 g/mol. The molecule has 0 aliphatic carbocycles. The van der Waals surface area contributed by atoms with Crippen LogP contribution in [-0.2, 0) is 0 Å². The largest absolute Gasteiger partial charge is 0.337 e. The number of halogens is 1. The lowest BCUT2D eigenvalue weighted by atomic mass is 10.1. The third-order valence-electron chi connectivity index (χ3n) is 3.05. The highest BCUT2D eigenvalue weighted by Gasteiger charge is 2.30. The zero-order chi connectivity index (χ0) is 11.7. The van der Waals surface area contributed by atoms with Crippen molar-refractivity contribution < 1.29 is 4.79 Å². The number of likely N-dealkylation sites (tertiary alicyclic amines) is 1. The smallest absolute Gasteiger partial charge is 0.253 e. The van der Waals surface area contributed by atoms with Gasteiger partial charge in [0.05, 0.1) is 0 Å². The van der Waals surface area contributed by atoms with Gasteiger partial charge in [-0.3, -0.25) is 4.79 Å². The molecule has 1 aliphatic rings. The molecule has 1 heterocycles. The minimum atomic E-state index is 0.0762. The lowest BCUT2D eigenvalue weighted by Gasteiger charge is -2.15. The van der Waals surface area contributed by atoms with E-state index in [1.165, 1.54) is 0 Å². The maximum atomic E-state index is 12.1. The fourth-order valence-electron chi connectivity index (χ4n) is 1.93. The van der Waals surface area contributed by atoms with E-state index in [1.54, 1.807) is 0 Å². The molecule has 0 spiro atoms. The number of amides is 1. The van der Waals surface area contributed by atoms with Crippen LogP contribution >= 0.6 is 15.9 Å². The van der Waals surface area contributed by atoms with Crippen LogP contribution in [0.2, 0.25) is 0 Å². The van der Waals surface area contributed by atoms with Crippen molar-refractivity contribution in [1.29, 1.82) is 0 Å². The molecule has 2 N–H and O–H groups in total. The van der Waals surface area contributed by atoms with Gasteiger partial charge in [-0.25, -0.2) is 0 Å². The number of rotatable bonds is 1. The van der Waals surface area contributed by atoms with Crippen molar-refractivity contribution >= 4 is 21.8 Å². The van der Waals surface area contributed by atoms with E-state index in [-0.39, 0.29) is 11.9 Å². The first kappa shape index (κ1) is 11.6. The van der Waals surface area contributed by atoms with Crippen LogP contribution in [0.1, 0.15) is 17.3 Å². The Morgan fingerprint density at radius 1 is 1.38 bits per heavy atom.